The van der Waals surface area contributed by atoms with Gasteiger partial charge in [0.2, 0.25) is 5.95 Å². The van der Waals surface area contributed by atoms with Gasteiger partial charge in [-0.25, -0.2) is 9.97 Å². The summed E-state index contributed by atoms with van der Waals surface area (Å²) in [7, 11) is 4.60. The molecule has 3 N–H and O–H groups in total. The Morgan fingerprint density at radius 3 is 2.30 bits per heavy atom. The number of aromatic nitrogens is 3. The number of rotatable bonds is 8. The first kappa shape index (κ1) is 23.4. The van der Waals surface area contributed by atoms with E-state index in [0.29, 0.717) is 0 Å². The molecule has 0 unspecified atom stereocenters. The van der Waals surface area contributed by atoms with Gasteiger partial charge in [-0.15, -0.1) is 0 Å². The highest BCUT2D eigenvalue weighted by atomic mass is 15.4. The Labute approximate surface area is 198 Å². The van der Waals surface area contributed by atoms with Crippen LogP contribution in [0.4, 0.5) is 11.8 Å². The summed E-state index contributed by atoms with van der Waals surface area (Å²) in [5.74, 6) is 1.02. The molecule has 6 nitrogen and oxygen atoms in total. The van der Waals surface area contributed by atoms with Crippen molar-refractivity contribution in [3.63, 3.8) is 0 Å². The number of nitrogens with zero attached hydrogens (tertiary/aromatic N) is 4. The van der Waals surface area contributed by atoms with Crippen LogP contribution < -0.4 is 11.1 Å². The van der Waals surface area contributed by atoms with Crippen molar-refractivity contribution in [1.29, 1.82) is 0 Å². The molecule has 0 bridgehead atoms. The molecule has 33 heavy (non-hydrogen) atoms. The molecule has 3 aromatic rings. The quantitative estimate of drug-likeness (QED) is 0.363. The maximum absolute atomic E-state index is 5.95. The molecule has 0 aliphatic heterocycles. The van der Waals surface area contributed by atoms with Crippen LogP contribution in [-0.4, -0.2) is 45.6 Å². The van der Waals surface area contributed by atoms with E-state index < -0.39 is 0 Å². The van der Waals surface area contributed by atoms with Gasteiger partial charge >= 0.3 is 0 Å². The van der Waals surface area contributed by atoms with E-state index in [-0.39, 0.29) is 16.9 Å². The second-order valence-electron chi connectivity index (χ2n) is 11.1. The monoisotopic (exact) mass is 447 g/mol. The number of nitrogen functional groups attached to an aromatic ring is 1. The van der Waals surface area contributed by atoms with Crippen LogP contribution in [0.2, 0.25) is 0 Å². The Kier molecular flexibility index (Phi) is 6.08. The van der Waals surface area contributed by atoms with Crippen LogP contribution in [-0.2, 0) is 12.0 Å². The van der Waals surface area contributed by atoms with Crippen LogP contribution in [0.25, 0.3) is 11.0 Å². The fourth-order valence-corrected chi connectivity index (χ4v) is 4.25. The molecule has 1 fully saturated rings. The zero-order valence-corrected chi connectivity index (χ0v) is 21.1. The third kappa shape index (κ3) is 4.67. The molecule has 0 atom stereocenters. The molecule has 1 aromatic carbocycles. The number of hydrogen-bond acceptors (Lipinski definition) is 5. The van der Waals surface area contributed by atoms with Gasteiger partial charge in [0.1, 0.15) is 12.1 Å². The Hall–Kier alpha value is -2.73. The van der Waals surface area contributed by atoms with Gasteiger partial charge in [0.25, 0.3) is 0 Å². The molecule has 1 aliphatic carbocycles. The van der Waals surface area contributed by atoms with Gasteiger partial charge in [0.05, 0.1) is 30.8 Å². The Morgan fingerprint density at radius 2 is 1.70 bits per heavy atom. The van der Waals surface area contributed by atoms with Crippen LogP contribution in [0.1, 0.15) is 70.2 Å². The number of fused-ring (bicyclic) bond motifs is 1. The molecule has 6 heteroatoms. The second-order valence-corrected chi connectivity index (χ2v) is 11.1. The molecule has 1 saturated carbocycles. The first-order valence-electron chi connectivity index (χ1n) is 12.2. The number of benzene rings is 1. The predicted octanol–water partition coefficient (Wildman–Crippen LogP) is 5.27. The van der Waals surface area contributed by atoms with Crippen LogP contribution in [0, 0.1) is 0 Å². The summed E-state index contributed by atoms with van der Waals surface area (Å²) in [6.45, 7) is 10.9. The highest BCUT2D eigenvalue weighted by Crippen LogP contribution is 2.53. The van der Waals surface area contributed by atoms with E-state index in [9.17, 15) is 0 Å². The van der Waals surface area contributed by atoms with Crippen molar-refractivity contribution in [1.82, 2.24) is 15.0 Å². The Morgan fingerprint density at radius 1 is 1.00 bits per heavy atom. The number of pyridine rings is 1. The molecule has 2 heterocycles. The highest BCUT2D eigenvalue weighted by Gasteiger charge is 2.47. The molecule has 0 saturated heterocycles. The van der Waals surface area contributed by atoms with Gasteiger partial charge in [-0.1, -0.05) is 37.6 Å². The molecular weight excluding hydrogens is 408 g/mol. The molecule has 4 rings (SSSR count). The number of nitrogens with one attached hydrogen (secondary N) is 1. The molecule has 0 spiro atoms. The van der Waals surface area contributed by atoms with Crippen LogP contribution in [0.5, 0.6) is 0 Å². The standard InChI is InChI=1S/C27H39N6/c1-7-8-17-29-24-23-21(30-25(28)32-24)13-14-22(31-23)27(15-16-27)20-11-9-19(10-12-20)18-33(5,6)26(2,3)4/h9-14H,7-8,15-18H2,1-6H3,(H3,28,29,30,32)/q+1. The minimum atomic E-state index is -0.0107. The zero-order chi connectivity index (χ0) is 23.9. The van der Waals surface area contributed by atoms with E-state index >= 15 is 0 Å². The molecule has 176 valence electrons. The molecular formula is C27H39N6+. The van der Waals surface area contributed by atoms with Gasteiger partial charge in [-0.05, 0) is 57.7 Å². The van der Waals surface area contributed by atoms with Crippen LogP contribution in [0.15, 0.2) is 36.4 Å². The summed E-state index contributed by atoms with van der Waals surface area (Å²) >= 11 is 0. The normalized spacial score (nSPS) is 15.6. The van der Waals surface area contributed by atoms with Crippen molar-refractivity contribution >= 4 is 22.8 Å². The maximum atomic E-state index is 5.95. The number of nitrogens with two attached hydrogens (primary N) is 1. The van der Waals surface area contributed by atoms with Crippen molar-refractivity contribution in [3.8, 4) is 0 Å². The van der Waals surface area contributed by atoms with Crippen molar-refractivity contribution in [2.75, 3.05) is 31.7 Å². The third-order valence-electron chi connectivity index (χ3n) is 7.52. The minimum absolute atomic E-state index is 0.0107. The average molecular weight is 448 g/mol. The van der Waals surface area contributed by atoms with Crippen molar-refractivity contribution < 1.29 is 4.48 Å². The smallest absolute Gasteiger partial charge is 0.222 e. The Bertz CT molecular complexity index is 1120. The van der Waals surface area contributed by atoms with Crippen LogP contribution >= 0.6 is 0 Å². The van der Waals surface area contributed by atoms with E-state index in [4.69, 9.17) is 10.7 Å². The minimum Gasteiger partial charge on any atom is -0.368 e. The maximum Gasteiger partial charge on any atom is 0.222 e. The number of quaternary nitrogens is 1. The van der Waals surface area contributed by atoms with E-state index in [1.807, 2.05) is 6.07 Å². The summed E-state index contributed by atoms with van der Waals surface area (Å²) in [5, 5.41) is 3.41. The van der Waals surface area contributed by atoms with E-state index in [2.05, 4.69) is 87.4 Å². The zero-order valence-electron chi connectivity index (χ0n) is 21.1. The lowest BCUT2D eigenvalue weighted by atomic mass is 9.90. The average Bonchev–Trinajstić information content (AvgIpc) is 3.55. The number of anilines is 2. The predicted molar refractivity (Wildman–Crippen MR) is 137 cm³/mol. The van der Waals surface area contributed by atoms with E-state index in [0.717, 1.165) is 65.8 Å². The first-order chi connectivity index (χ1) is 15.6. The Balaban J connectivity index is 1.63. The van der Waals surface area contributed by atoms with Crippen molar-refractivity contribution in [3.05, 3.63) is 53.2 Å². The fourth-order valence-electron chi connectivity index (χ4n) is 4.25. The topological polar surface area (TPSA) is 76.7 Å². The van der Waals surface area contributed by atoms with Gasteiger partial charge < -0.3 is 15.5 Å². The van der Waals surface area contributed by atoms with Crippen molar-refractivity contribution in [2.24, 2.45) is 0 Å². The number of unbranched alkanes of at least 4 members (excludes halogenated alkanes) is 1. The summed E-state index contributed by atoms with van der Waals surface area (Å²) < 4.78 is 0.945. The lowest BCUT2D eigenvalue weighted by Gasteiger charge is -2.42. The molecule has 0 radical (unpaired) electrons. The van der Waals surface area contributed by atoms with E-state index in [1.54, 1.807) is 0 Å². The van der Waals surface area contributed by atoms with Crippen molar-refractivity contribution in [2.45, 2.75) is 70.9 Å². The molecule has 1 aliphatic rings. The summed E-state index contributed by atoms with van der Waals surface area (Å²) in [6, 6.07) is 13.4. The molecule has 2 aromatic heterocycles. The molecule has 0 amide bonds. The van der Waals surface area contributed by atoms with Gasteiger partial charge in [-0.2, -0.15) is 4.98 Å². The summed E-state index contributed by atoms with van der Waals surface area (Å²) in [4.78, 5) is 13.9. The summed E-state index contributed by atoms with van der Waals surface area (Å²) in [6.07, 6.45) is 4.42. The van der Waals surface area contributed by atoms with Gasteiger partial charge in [0.15, 0.2) is 5.82 Å². The van der Waals surface area contributed by atoms with E-state index in [1.165, 1.54) is 11.1 Å². The van der Waals surface area contributed by atoms with Crippen LogP contribution in [0.3, 0.4) is 0 Å². The SMILES string of the molecule is CCCCNc1nc(N)nc2ccc(C3(c4ccc(C[N+](C)(C)C(C)(C)C)cc4)CC3)nc12. The van der Waals surface area contributed by atoms with Gasteiger partial charge in [-0.3, -0.25) is 0 Å². The number of hydrogen-bond donors (Lipinski definition) is 2. The fraction of sp³-hybridized carbons (Fsp3) is 0.519. The lowest BCUT2D eigenvalue weighted by molar-refractivity contribution is -0.948. The lowest BCUT2D eigenvalue weighted by Crippen LogP contribution is -2.53. The first-order valence-corrected chi connectivity index (χ1v) is 12.2. The third-order valence-corrected chi connectivity index (χ3v) is 7.52. The highest BCUT2D eigenvalue weighted by molar-refractivity contribution is 5.86. The largest absolute Gasteiger partial charge is 0.368 e. The van der Waals surface area contributed by atoms with Gasteiger partial charge in [0, 0.05) is 17.5 Å². The summed E-state index contributed by atoms with van der Waals surface area (Å²) in [5.41, 5.74) is 11.5. The second kappa shape index (κ2) is 8.56.